The number of aromatic nitrogens is 4. The molecule has 2 fully saturated rings. The third kappa shape index (κ3) is 12.8. The molecule has 0 radical (unpaired) electrons. The van der Waals surface area contributed by atoms with E-state index in [9.17, 15) is 8.42 Å². The van der Waals surface area contributed by atoms with Crippen LogP contribution in [0.1, 0.15) is 102 Å². The van der Waals surface area contributed by atoms with E-state index in [1.54, 1.807) is 24.8 Å². The van der Waals surface area contributed by atoms with Gasteiger partial charge in [-0.25, -0.2) is 37.8 Å². The molecule has 2 aliphatic carbocycles. The van der Waals surface area contributed by atoms with Crippen molar-refractivity contribution in [3.05, 3.63) is 117 Å². The van der Waals surface area contributed by atoms with Gasteiger partial charge in [0, 0.05) is 37.9 Å². The number of hydrogen-bond donors (Lipinski definition) is 3. The quantitative estimate of drug-likeness (QED) is 0.122. The number of benzene rings is 2. The molecule has 10 nitrogen and oxygen atoms in total. The van der Waals surface area contributed by atoms with E-state index in [-0.39, 0.29) is 96.5 Å². The monoisotopic (exact) mass is 1010 g/mol. The predicted octanol–water partition coefficient (Wildman–Crippen LogP) is 6.23. The van der Waals surface area contributed by atoms with Gasteiger partial charge in [0.25, 0.3) is 0 Å². The molecule has 4 atom stereocenters. The fourth-order valence-corrected chi connectivity index (χ4v) is 10.7. The minimum Gasteiger partial charge on any atom is -0.358 e. The molecule has 4 heterocycles. The van der Waals surface area contributed by atoms with Gasteiger partial charge in [-0.05, 0) is 170 Å². The zero-order chi connectivity index (χ0) is 41.0. The summed E-state index contributed by atoms with van der Waals surface area (Å²) in [5.74, 6) is 0.788. The van der Waals surface area contributed by atoms with Crippen molar-refractivity contribution in [3.63, 3.8) is 0 Å². The van der Waals surface area contributed by atoms with Crippen molar-refractivity contribution in [1.82, 2.24) is 34.7 Å². The number of fused-ring (bicyclic) bond motifs is 2. The van der Waals surface area contributed by atoms with Gasteiger partial charge in [0.2, 0.25) is 11.2 Å². The van der Waals surface area contributed by atoms with E-state index in [0.717, 1.165) is 79.6 Å². The van der Waals surface area contributed by atoms with Crippen molar-refractivity contribution in [3.8, 4) is 0 Å². The Morgan fingerprint density at radius 1 is 0.695 bits per heavy atom. The average Bonchev–Trinajstić information content (AvgIpc) is 3.64. The van der Waals surface area contributed by atoms with Crippen LogP contribution in [-0.2, 0) is 34.8 Å². The van der Waals surface area contributed by atoms with E-state index in [1.165, 1.54) is 22.3 Å². The Morgan fingerprint density at radius 3 is 1.49 bits per heavy atom. The molecule has 4 aliphatic rings. The minimum atomic E-state index is -1.10. The van der Waals surface area contributed by atoms with Crippen molar-refractivity contribution >= 4 is 71.4 Å². The molecule has 8 rings (SSSR count). The van der Waals surface area contributed by atoms with E-state index in [1.807, 2.05) is 41.5 Å². The molecule has 16 heteroatoms. The number of hydrogen-bond acceptors (Lipinski definition) is 8. The number of nitrogens with one attached hydrogen (secondary N) is 3. The van der Waals surface area contributed by atoms with Gasteiger partial charge < -0.3 is 17.6 Å². The number of nitrogens with zero attached hydrogens (tertiary/aromatic N) is 5. The molecule has 4 aromatic rings. The molecular weight excluding hydrogens is 959 g/mol. The third-order valence-electron chi connectivity index (χ3n) is 11.4. The minimum absolute atomic E-state index is 0. The molecule has 3 N–H and O–H groups in total. The number of rotatable bonds is 5. The summed E-state index contributed by atoms with van der Waals surface area (Å²) in [5, 5.41) is 3.73. The van der Waals surface area contributed by atoms with Gasteiger partial charge in [0.15, 0.2) is 0 Å². The van der Waals surface area contributed by atoms with E-state index in [0.29, 0.717) is 0 Å². The van der Waals surface area contributed by atoms with Crippen LogP contribution in [0, 0.1) is 18.3 Å². The standard InChI is InChI=1S/C21H27BrN4OS.C17H26N2OS.C4H2BrClN2.CH3.K/c1-20(2,3)28(27)25-18-17-7-5-4-6-15(17)12-21(18)8-10-26(11-9-21)19-23-13-16(22)14-24-19;1-16(2,3)21(20)19-15-14-7-5-4-6-13(14)12-17(15)8-10-18-11-9-17;5-3-1-7-4(6)8-2-3;;/h4-7,13-14,18,25H,8-12H2,1-3H3;4-7,15,18-19H,8-12H2,1-3H3;1-2H;1H3;/q;;;-1;+1/t18-,28-;15-,21-;;;/m11.../s1. The second-order valence-electron chi connectivity index (χ2n) is 17.4. The number of anilines is 1. The van der Waals surface area contributed by atoms with Crippen molar-refractivity contribution in [2.75, 3.05) is 31.1 Å². The molecule has 2 aromatic carbocycles. The summed E-state index contributed by atoms with van der Waals surface area (Å²) in [6.07, 6.45) is 13.3. The summed E-state index contributed by atoms with van der Waals surface area (Å²) in [6.45, 7) is 16.1. The Hall–Kier alpha value is -0.534. The summed E-state index contributed by atoms with van der Waals surface area (Å²) in [6, 6.07) is 17.6. The first kappa shape index (κ1) is 51.1. The largest absolute Gasteiger partial charge is 1.00 e. The van der Waals surface area contributed by atoms with Crippen LogP contribution in [0.5, 0.6) is 0 Å². The fourth-order valence-electron chi connectivity index (χ4n) is 8.29. The van der Waals surface area contributed by atoms with E-state index in [4.69, 9.17) is 11.6 Å². The van der Waals surface area contributed by atoms with Crippen LogP contribution in [0.2, 0.25) is 5.28 Å². The van der Waals surface area contributed by atoms with Gasteiger partial charge in [0.05, 0.1) is 52.5 Å². The van der Waals surface area contributed by atoms with Crippen molar-refractivity contribution in [1.29, 1.82) is 0 Å². The summed E-state index contributed by atoms with van der Waals surface area (Å²) in [7, 11) is -2.14. The summed E-state index contributed by atoms with van der Waals surface area (Å²) in [5.41, 5.74) is 5.82. The Bertz CT molecular complexity index is 2000. The normalized spacial score (nSPS) is 21.0. The molecule has 2 saturated heterocycles. The smallest absolute Gasteiger partial charge is 0.358 e. The summed E-state index contributed by atoms with van der Waals surface area (Å²) in [4.78, 5) is 18.6. The maximum atomic E-state index is 12.9. The molecule has 316 valence electrons. The average molecular weight is 1020 g/mol. The first-order chi connectivity index (χ1) is 27.0. The molecule has 0 unspecified atom stereocenters. The van der Waals surface area contributed by atoms with E-state index in [2.05, 4.69) is 120 Å². The molecule has 0 bridgehead atoms. The summed E-state index contributed by atoms with van der Waals surface area (Å²) >= 11 is 11.9. The maximum absolute atomic E-state index is 12.9. The maximum Gasteiger partial charge on any atom is 1.00 e. The first-order valence-corrected chi connectivity index (χ1v) is 23.8. The van der Waals surface area contributed by atoms with Crippen LogP contribution in [0.25, 0.3) is 0 Å². The molecule has 0 saturated carbocycles. The summed E-state index contributed by atoms with van der Waals surface area (Å²) < 4.78 is 33.8. The Labute approximate surface area is 421 Å². The van der Waals surface area contributed by atoms with Crippen LogP contribution in [0.4, 0.5) is 5.95 Å². The molecule has 0 amide bonds. The zero-order valence-corrected chi connectivity index (χ0v) is 44.3. The Kier molecular flexibility index (Phi) is 19.0. The number of halogens is 3. The molecule has 2 spiro atoms. The number of piperidine rings is 2. The van der Waals surface area contributed by atoms with Crippen LogP contribution in [0.15, 0.2) is 82.3 Å². The zero-order valence-electron chi connectivity index (χ0n) is 35.7. The van der Waals surface area contributed by atoms with Crippen LogP contribution >= 0.6 is 43.5 Å². The molecule has 2 aliphatic heterocycles. The van der Waals surface area contributed by atoms with Gasteiger partial charge in [-0.15, -0.1) is 0 Å². The van der Waals surface area contributed by atoms with Crippen molar-refractivity contribution < 1.29 is 59.8 Å². The van der Waals surface area contributed by atoms with E-state index < -0.39 is 22.0 Å². The second-order valence-corrected chi connectivity index (χ2v) is 23.6. The first-order valence-electron chi connectivity index (χ1n) is 19.6. The van der Waals surface area contributed by atoms with Gasteiger partial charge in [-0.3, -0.25) is 0 Å². The predicted molar refractivity (Wildman–Crippen MR) is 247 cm³/mol. The van der Waals surface area contributed by atoms with Crippen molar-refractivity contribution in [2.24, 2.45) is 10.8 Å². The molecular formula is C43H58Br2ClKN8O2S2. The van der Waals surface area contributed by atoms with Crippen LogP contribution in [-0.4, -0.2) is 64.0 Å². The Balaban J connectivity index is 0.000000219. The third-order valence-corrected chi connectivity index (χ3v) is 15.6. The molecule has 2 aromatic heterocycles. The second kappa shape index (κ2) is 21.9. The Morgan fingerprint density at radius 2 is 1.08 bits per heavy atom. The van der Waals surface area contributed by atoms with Gasteiger partial charge in [-0.2, -0.15) is 0 Å². The van der Waals surface area contributed by atoms with Crippen LogP contribution in [0.3, 0.4) is 0 Å². The van der Waals surface area contributed by atoms with Gasteiger partial charge >= 0.3 is 51.4 Å². The van der Waals surface area contributed by atoms with Crippen LogP contribution < -0.4 is 71.0 Å². The molecule has 59 heavy (non-hydrogen) atoms. The van der Waals surface area contributed by atoms with Gasteiger partial charge in [-0.1, -0.05) is 48.5 Å². The van der Waals surface area contributed by atoms with Crippen molar-refractivity contribution in [2.45, 2.75) is 102 Å². The topological polar surface area (TPSA) is 125 Å². The van der Waals surface area contributed by atoms with E-state index >= 15 is 0 Å². The van der Waals surface area contributed by atoms with Gasteiger partial charge in [0.1, 0.15) is 0 Å². The SMILES string of the molecule is CC(C)(C)[S@@](=O)N[C@@H]1c2ccccc2CC12CCN(c1ncc(Br)cn1)CC2.CC(C)(C)[S@@](=O)N[C@@H]1c2ccccc2CC12CCNCC2.Clc1ncc(Br)cn1.[CH3-].[K+]. The fraction of sp³-hybridized carbons (Fsp3) is 0.512.